The second-order valence-electron chi connectivity index (χ2n) is 3.51. The fraction of sp³-hybridized carbons (Fsp3) is 0.273. The van der Waals surface area contributed by atoms with Crippen molar-refractivity contribution < 1.29 is 24.2 Å². The number of amides is 1. The normalized spacial score (nSPS) is 11.9. The molecule has 17 heavy (non-hydrogen) atoms. The fourth-order valence-corrected chi connectivity index (χ4v) is 1.16. The standard InChI is InChI=1S/C11H12FNO4/c1-6-2-3-7(4-8(6)12)10(15)13-9(5-14)11(16)17/h2-4,9,14H,5H2,1H3,(H,13,15)(H,16,17). The number of aryl methyl sites for hydroxylation is 1. The molecule has 1 aromatic carbocycles. The third-order valence-electron chi connectivity index (χ3n) is 2.22. The Kier molecular flexibility index (Phi) is 4.17. The Balaban J connectivity index is 2.82. The van der Waals surface area contributed by atoms with Crippen molar-refractivity contribution in [2.45, 2.75) is 13.0 Å². The Labute approximate surface area is 96.9 Å². The van der Waals surface area contributed by atoms with E-state index >= 15 is 0 Å². The minimum atomic E-state index is -1.40. The minimum Gasteiger partial charge on any atom is -0.480 e. The number of carboxylic acid groups (broad SMARTS) is 1. The van der Waals surface area contributed by atoms with Crippen molar-refractivity contribution in [2.75, 3.05) is 6.61 Å². The molecule has 1 aromatic rings. The SMILES string of the molecule is Cc1ccc(C(=O)NC(CO)C(=O)O)cc1F. The highest BCUT2D eigenvalue weighted by molar-refractivity contribution is 5.96. The van der Waals surface area contributed by atoms with Crippen molar-refractivity contribution >= 4 is 11.9 Å². The Morgan fingerprint density at radius 2 is 2.12 bits per heavy atom. The van der Waals surface area contributed by atoms with Gasteiger partial charge in [0, 0.05) is 5.56 Å². The van der Waals surface area contributed by atoms with E-state index in [2.05, 4.69) is 5.32 Å². The smallest absolute Gasteiger partial charge is 0.328 e. The van der Waals surface area contributed by atoms with Crippen LogP contribution in [0, 0.1) is 12.7 Å². The zero-order valence-corrected chi connectivity index (χ0v) is 9.11. The number of nitrogens with one attached hydrogen (secondary N) is 1. The average Bonchev–Trinajstić information content (AvgIpc) is 2.28. The monoisotopic (exact) mass is 241 g/mol. The summed E-state index contributed by atoms with van der Waals surface area (Å²) < 4.78 is 13.2. The van der Waals surface area contributed by atoms with Gasteiger partial charge in [-0.1, -0.05) is 6.07 Å². The number of rotatable bonds is 4. The van der Waals surface area contributed by atoms with Crippen LogP contribution in [0.4, 0.5) is 4.39 Å². The summed E-state index contributed by atoms with van der Waals surface area (Å²) in [5.74, 6) is -2.65. The molecule has 0 spiro atoms. The Morgan fingerprint density at radius 1 is 1.47 bits per heavy atom. The van der Waals surface area contributed by atoms with E-state index in [0.717, 1.165) is 6.07 Å². The quantitative estimate of drug-likeness (QED) is 0.708. The zero-order chi connectivity index (χ0) is 13.0. The number of hydrogen-bond acceptors (Lipinski definition) is 3. The van der Waals surface area contributed by atoms with E-state index < -0.39 is 30.3 Å². The molecule has 0 heterocycles. The highest BCUT2D eigenvalue weighted by Crippen LogP contribution is 2.09. The molecule has 6 heteroatoms. The minimum absolute atomic E-state index is 0.00722. The summed E-state index contributed by atoms with van der Waals surface area (Å²) >= 11 is 0. The predicted octanol–water partition coefficient (Wildman–Crippen LogP) is 0.309. The van der Waals surface area contributed by atoms with E-state index in [1.165, 1.54) is 12.1 Å². The molecule has 0 aliphatic heterocycles. The molecule has 0 aromatic heterocycles. The third-order valence-corrected chi connectivity index (χ3v) is 2.22. The van der Waals surface area contributed by atoms with E-state index in [0.29, 0.717) is 5.56 Å². The maximum Gasteiger partial charge on any atom is 0.328 e. The van der Waals surface area contributed by atoms with E-state index in [4.69, 9.17) is 10.2 Å². The first-order valence-corrected chi connectivity index (χ1v) is 4.86. The Bertz CT molecular complexity index is 447. The summed E-state index contributed by atoms with van der Waals surface area (Å²) in [6.07, 6.45) is 0. The molecule has 0 fully saturated rings. The first kappa shape index (κ1) is 13.1. The zero-order valence-electron chi connectivity index (χ0n) is 9.11. The summed E-state index contributed by atoms with van der Waals surface area (Å²) in [5, 5.41) is 19.4. The van der Waals surface area contributed by atoms with Crippen molar-refractivity contribution in [3.63, 3.8) is 0 Å². The van der Waals surface area contributed by atoms with Gasteiger partial charge in [0.05, 0.1) is 6.61 Å². The van der Waals surface area contributed by atoms with Gasteiger partial charge in [-0.3, -0.25) is 4.79 Å². The van der Waals surface area contributed by atoms with Gasteiger partial charge in [0.1, 0.15) is 5.82 Å². The number of aliphatic hydroxyl groups is 1. The van der Waals surface area contributed by atoms with Gasteiger partial charge in [0.2, 0.25) is 0 Å². The molecule has 92 valence electrons. The lowest BCUT2D eigenvalue weighted by molar-refractivity contribution is -0.140. The predicted molar refractivity (Wildman–Crippen MR) is 57.1 cm³/mol. The molecule has 0 aliphatic rings. The van der Waals surface area contributed by atoms with Crippen LogP contribution in [-0.2, 0) is 4.79 Å². The van der Waals surface area contributed by atoms with Crippen LogP contribution in [0.3, 0.4) is 0 Å². The number of halogens is 1. The molecular formula is C11H12FNO4. The molecule has 0 radical (unpaired) electrons. The molecule has 5 nitrogen and oxygen atoms in total. The number of benzene rings is 1. The van der Waals surface area contributed by atoms with Crippen LogP contribution in [0.15, 0.2) is 18.2 Å². The molecule has 1 amide bonds. The highest BCUT2D eigenvalue weighted by Gasteiger charge is 2.19. The lowest BCUT2D eigenvalue weighted by atomic mass is 10.1. The summed E-state index contributed by atoms with van der Waals surface area (Å²) in [7, 11) is 0. The molecule has 0 aliphatic carbocycles. The van der Waals surface area contributed by atoms with Gasteiger partial charge in [0.15, 0.2) is 6.04 Å². The number of aliphatic carboxylic acids is 1. The van der Waals surface area contributed by atoms with Gasteiger partial charge < -0.3 is 15.5 Å². The number of carboxylic acids is 1. The summed E-state index contributed by atoms with van der Waals surface area (Å²) in [5.41, 5.74) is 0.395. The van der Waals surface area contributed by atoms with E-state index in [1.54, 1.807) is 6.92 Å². The van der Waals surface area contributed by atoms with E-state index in [1.807, 2.05) is 0 Å². The van der Waals surface area contributed by atoms with Crippen LogP contribution in [0.25, 0.3) is 0 Å². The van der Waals surface area contributed by atoms with Gasteiger partial charge in [-0.15, -0.1) is 0 Å². The van der Waals surface area contributed by atoms with Crippen LogP contribution in [0.2, 0.25) is 0 Å². The van der Waals surface area contributed by atoms with Gasteiger partial charge in [0.25, 0.3) is 5.91 Å². The van der Waals surface area contributed by atoms with Crippen LogP contribution in [0.5, 0.6) is 0 Å². The molecule has 1 atom stereocenters. The third kappa shape index (κ3) is 3.25. The van der Waals surface area contributed by atoms with Crippen molar-refractivity contribution in [1.82, 2.24) is 5.32 Å². The molecule has 1 rings (SSSR count). The lowest BCUT2D eigenvalue weighted by Gasteiger charge is -2.11. The molecule has 1 unspecified atom stereocenters. The van der Waals surface area contributed by atoms with Crippen molar-refractivity contribution in [3.8, 4) is 0 Å². The molecular weight excluding hydrogens is 229 g/mol. The molecule has 0 saturated carbocycles. The van der Waals surface area contributed by atoms with Crippen molar-refractivity contribution in [3.05, 3.63) is 35.1 Å². The van der Waals surface area contributed by atoms with Gasteiger partial charge in [-0.25, -0.2) is 9.18 Å². The van der Waals surface area contributed by atoms with Gasteiger partial charge in [-0.2, -0.15) is 0 Å². The second-order valence-corrected chi connectivity index (χ2v) is 3.51. The summed E-state index contributed by atoms with van der Waals surface area (Å²) in [6, 6.07) is 2.41. The lowest BCUT2D eigenvalue weighted by Crippen LogP contribution is -2.43. The number of hydrogen-bond donors (Lipinski definition) is 3. The van der Waals surface area contributed by atoms with Crippen molar-refractivity contribution in [1.29, 1.82) is 0 Å². The van der Waals surface area contributed by atoms with E-state index in [9.17, 15) is 14.0 Å². The molecule has 0 bridgehead atoms. The van der Waals surface area contributed by atoms with Crippen LogP contribution < -0.4 is 5.32 Å². The largest absolute Gasteiger partial charge is 0.480 e. The molecule has 3 N–H and O–H groups in total. The maximum absolute atomic E-state index is 13.2. The first-order valence-electron chi connectivity index (χ1n) is 4.86. The second kappa shape index (κ2) is 5.40. The number of carbonyl (C=O) groups is 2. The van der Waals surface area contributed by atoms with Crippen LogP contribution in [0.1, 0.15) is 15.9 Å². The van der Waals surface area contributed by atoms with Gasteiger partial charge in [-0.05, 0) is 24.6 Å². The van der Waals surface area contributed by atoms with Gasteiger partial charge >= 0.3 is 5.97 Å². The average molecular weight is 241 g/mol. The Morgan fingerprint density at radius 3 is 2.59 bits per heavy atom. The number of carbonyl (C=O) groups excluding carboxylic acids is 1. The highest BCUT2D eigenvalue weighted by atomic mass is 19.1. The first-order chi connectivity index (χ1) is 7.95. The Hall–Kier alpha value is -1.95. The molecule has 0 saturated heterocycles. The van der Waals surface area contributed by atoms with Crippen molar-refractivity contribution in [2.24, 2.45) is 0 Å². The fourth-order valence-electron chi connectivity index (χ4n) is 1.16. The summed E-state index contributed by atoms with van der Waals surface area (Å²) in [6.45, 7) is 0.820. The van der Waals surface area contributed by atoms with Crippen LogP contribution >= 0.6 is 0 Å². The number of aliphatic hydroxyl groups excluding tert-OH is 1. The van der Waals surface area contributed by atoms with E-state index in [-0.39, 0.29) is 5.56 Å². The summed E-state index contributed by atoms with van der Waals surface area (Å²) in [4.78, 5) is 22.1. The maximum atomic E-state index is 13.2. The topological polar surface area (TPSA) is 86.6 Å². The van der Waals surface area contributed by atoms with Crippen LogP contribution in [-0.4, -0.2) is 34.7 Å².